The van der Waals surface area contributed by atoms with Crippen molar-refractivity contribution in [3.8, 4) is 0 Å². The number of thioether (sulfide) groups is 1. The Kier molecular flexibility index (Phi) is 8.78. The Balaban J connectivity index is 2.04. The maximum Gasteiger partial charge on any atom is 0.316 e. The predicted molar refractivity (Wildman–Crippen MR) is 79.9 cm³/mol. The number of esters is 1. The molecular formula is C14H22N2O3S. The Morgan fingerprint density at radius 2 is 2.05 bits per heavy atom. The number of carbonyl (C=O) groups excluding carboxylic acids is 1. The first kappa shape index (κ1) is 16.8. The summed E-state index contributed by atoms with van der Waals surface area (Å²) in [5.41, 5.74) is -0.219. The summed E-state index contributed by atoms with van der Waals surface area (Å²) in [6, 6.07) is 1.33. The molecular weight excluding hydrogens is 276 g/mol. The van der Waals surface area contributed by atoms with Gasteiger partial charge in [0.2, 0.25) is 0 Å². The van der Waals surface area contributed by atoms with Gasteiger partial charge in [0.15, 0.2) is 5.16 Å². The lowest BCUT2D eigenvalue weighted by Gasteiger charge is -2.04. The number of nitrogens with zero attached hydrogens (tertiary/aromatic N) is 1. The maximum atomic E-state index is 11.5. The zero-order chi connectivity index (χ0) is 14.6. The molecule has 0 aromatic carbocycles. The summed E-state index contributed by atoms with van der Waals surface area (Å²) in [6.07, 6.45) is 8.42. The topological polar surface area (TPSA) is 72.0 Å². The van der Waals surface area contributed by atoms with Crippen LogP contribution in [0.3, 0.4) is 0 Å². The quantitative estimate of drug-likeness (QED) is 0.311. The highest BCUT2D eigenvalue weighted by Gasteiger charge is 2.05. The van der Waals surface area contributed by atoms with E-state index < -0.39 is 0 Å². The summed E-state index contributed by atoms with van der Waals surface area (Å²) in [7, 11) is 0. The Morgan fingerprint density at radius 1 is 1.30 bits per heavy atom. The third-order valence-electron chi connectivity index (χ3n) is 2.74. The normalized spacial score (nSPS) is 10.4. The smallest absolute Gasteiger partial charge is 0.316 e. The molecule has 5 nitrogen and oxygen atoms in total. The van der Waals surface area contributed by atoms with Gasteiger partial charge in [-0.25, -0.2) is 4.98 Å². The number of unbranched alkanes of at least 4 members (excludes halogenated alkanes) is 5. The molecule has 20 heavy (non-hydrogen) atoms. The zero-order valence-corrected chi connectivity index (χ0v) is 12.7. The van der Waals surface area contributed by atoms with Crippen molar-refractivity contribution in [2.24, 2.45) is 0 Å². The standard InChI is InChI=1S/C14H22N2O3S/c1-2-3-4-5-6-7-10-19-13(18)11-20-14-15-9-8-12(17)16-14/h8-9H,2-7,10-11H2,1H3,(H,15,16,17). The Bertz CT molecular complexity index is 448. The van der Waals surface area contributed by atoms with Gasteiger partial charge in [0, 0.05) is 12.3 Å². The summed E-state index contributed by atoms with van der Waals surface area (Å²) >= 11 is 1.18. The van der Waals surface area contributed by atoms with Crippen LogP contribution in [-0.2, 0) is 9.53 Å². The van der Waals surface area contributed by atoms with Crippen LogP contribution in [0.25, 0.3) is 0 Å². The summed E-state index contributed by atoms with van der Waals surface area (Å²) in [5, 5.41) is 0.439. The van der Waals surface area contributed by atoms with Gasteiger partial charge in [-0.1, -0.05) is 50.8 Å². The van der Waals surface area contributed by atoms with Crippen LogP contribution >= 0.6 is 11.8 Å². The molecule has 0 amide bonds. The van der Waals surface area contributed by atoms with Crippen LogP contribution in [0.2, 0.25) is 0 Å². The van der Waals surface area contributed by atoms with Crippen LogP contribution in [0.15, 0.2) is 22.2 Å². The minimum absolute atomic E-state index is 0.169. The fourth-order valence-electron chi connectivity index (χ4n) is 1.66. The van der Waals surface area contributed by atoms with Crippen molar-refractivity contribution in [2.45, 2.75) is 50.6 Å². The van der Waals surface area contributed by atoms with Gasteiger partial charge in [-0.15, -0.1) is 0 Å². The van der Waals surface area contributed by atoms with Crippen molar-refractivity contribution in [1.82, 2.24) is 9.97 Å². The van der Waals surface area contributed by atoms with Crippen LogP contribution in [0.1, 0.15) is 45.4 Å². The van der Waals surface area contributed by atoms with E-state index >= 15 is 0 Å². The average molecular weight is 298 g/mol. The molecule has 0 saturated carbocycles. The van der Waals surface area contributed by atoms with Gasteiger partial charge in [-0.05, 0) is 6.42 Å². The van der Waals surface area contributed by atoms with Gasteiger partial charge in [-0.2, -0.15) is 0 Å². The molecule has 6 heteroatoms. The summed E-state index contributed by atoms with van der Waals surface area (Å²) in [4.78, 5) is 29.0. The van der Waals surface area contributed by atoms with Crippen molar-refractivity contribution in [1.29, 1.82) is 0 Å². The molecule has 0 aliphatic carbocycles. The summed E-state index contributed by atoms with van der Waals surface area (Å²) in [6.45, 7) is 2.67. The molecule has 0 fully saturated rings. The van der Waals surface area contributed by atoms with Crippen molar-refractivity contribution in [3.63, 3.8) is 0 Å². The first-order valence-electron chi connectivity index (χ1n) is 7.06. The van der Waals surface area contributed by atoms with E-state index in [-0.39, 0.29) is 17.3 Å². The number of H-pyrrole nitrogens is 1. The van der Waals surface area contributed by atoms with Gasteiger partial charge in [0.05, 0.1) is 12.4 Å². The minimum Gasteiger partial charge on any atom is -0.465 e. The van der Waals surface area contributed by atoms with E-state index in [2.05, 4.69) is 16.9 Å². The highest BCUT2D eigenvalue weighted by Crippen LogP contribution is 2.10. The number of aromatic nitrogens is 2. The summed E-state index contributed by atoms with van der Waals surface area (Å²) < 4.78 is 5.12. The van der Waals surface area contributed by atoms with E-state index in [1.165, 1.54) is 49.7 Å². The minimum atomic E-state index is -0.268. The predicted octanol–water partition coefficient (Wildman–Crippen LogP) is 2.77. The number of nitrogens with one attached hydrogen (secondary N) is 1. The number of hydrogen-bond acceptors (Lipinski definition) is 5. The molecule has 0 radical (unpaired) electrons. The molecule has 1 rings (SSSR count). The molecule has 1 aromatic rings. The monoisotopic (exact) mass is 298 g/mol. The molecule has 0 unspecified atom stereocenters. The fraction of sp³-hybridized carbons (Fsp3) is 0.643. The highest BCUT2D eigenvalue weighted by molar-refractivity contribution is 7.99. The number of aromatic amines is 1. The first-order valence-corrected chi connectivity index (χ1v) is 8.04. The molecule has 0 bridgehead atoms. The molecule has 0 spiro atoms. The number of carbonyl (C=O) groups is 1. The first-order chi connectivity index (χ1) is 9.72. The van der Waals surface area contributed by atoms with Crippen LogP contribution in [-0.4, -0.2) is 28.3 Å². The van der Waals surface area contributed by atoms with Crippen LogP contribution < -0.4 is 5.56 Å². The van der Waals surface area contributed by atoms with Gasteiger partial charge < -0.3 is 9.72 Å². The van der Waals surface area contributed by atoms with Gasteiger partial charge >= 0.3 is 5.97 Å². The van der Waals surface area contributed by atoms with E-state index in [0.717, 1.165) is 12.8 Å². The molecule has 1 aromatic heterocycles. The Morgan fingerprint density at radius 3 is 2.80 bits per heavy atom. The second-order valence-electron chi connectivity index (χ2n) is 4.52. The molecule has 112 valence electrons. The van der Waals surface area contributed by atoms with Crippen LogP contribution in [0.5, 0.6) is 0 Å². The van der Waals surface area contributed by atoms with Gasteiger partial charge in [0.1, 0.15) is 0 Å². The molecule has 0 atom stereocenters. The molecule has 0 saturated heterocycles. The van der Waals surface area contributed by atoms with E-state index in [9.17, 15) is 9.59 Å². The van der Waals surface area contributed by atoms with Crippen molar-refractivity contribution in [3.05, 3.63) is 22.6 Å². The van der Waals surface area contributed by atoms with Crippen molar-refractivity contribution >= 4 is 17.7 Å². The van der Waals surface area contributed by atoms with E-state index in [1.54, 1.807) is 0 Å². The average Bonchev–Trinajstić information content (AvgIpc) is 2.44. The van der Waals surface area contributed by atoms with Crippen molar-refractivity contribution < 1.29 is 9.53 Å². The fourth-order valence-corrected chi connectivity index (χ4v) is 2.31. The molecule has 0 aliphatic heterocycles. The van der Waals surface area contributed by atoms with Crippen LogP contribution in [0, 0.1) is 0 Å². The van der Waals surface area contributed by atoms with Crippen molar-refractivity contribution in [2.75, 3.05) is 12.4 Å². The lowest BCUT2D eigenvalue weighted by atomic mass is 10.1. The van der Waals surface area contributed by atoms with E-state index in [4.69, 9.17) is 4.74 Å². The van der Waals surface area contributed by atoms with E-state index in [0.29, 0.717) is 11.8 Å². The summed E-state index contributed by atoms with van der Waals surface area (Å²) in [5.74, 6) is -0.0990. The van der Waals surface area contributed by atoms with Gasteiger partial charge in [-0.3, -0.25) is 9.59 Å². The second-order valence-corrected chi connectivity index (χ2v) is 5.48. The second kappa shape index (κ2) is 10.5. The number of rotatable bonds is 10. The molecule has 0 aliphatic rings. The zero-order valence-electron chi connectivity index (χ0n) is 11.9. The lowest BCUT2D eigenvalue weighted by Crippen LogP contribution is -2.10. The Hall–Kier alpha value is -1.30. The number of hydrogen-bond donors (Lipinski definition) is 1. The Labute approximate surface area is 123 Å². The lowest BCUT2D eigenvalue weighted by molar-refractivity contribution is -0.140. The maximum absolute atomic E-state index is 11.5. The van der Waals surface area contributed by atoms with Gasteiger partial charge in [0.25, 0.3) is 5.56 Å². The molecule has 1 N–H and O–H groups in total. The van der Waals surface area contributed by atoms with E-state index in [1.807, 2.05) is 0 Å². The largest absolute Gasteiger partial charge is 0.465 e. The number of ether oxygens (including phenoxy) is 1. The third-order valence-corrected chi connectivity index (χ3v) is 3.60. The third kappa shape index (κ3) is 7.99. The SMILES string of the molecule is CCCCCCCCOC(=O)CSc1nccc(=O)[nH]1. The molecule has 1 heterocycles. The highest BCUT2D eigenvalue weighted by atomic mass is 32.2. The van der Waals surface area contributed by atoms with Crippen LogP contribution in [0.4, 0.5) is 0 Å².